The van der Waals surface area contributed by atoms with Crippen molar-refractivity contribution in [3.05, 3.63) is 34.3 Å². The Morgan fingerprint density at radius 2 is 2.27 bits per heavy atom. The van der Waals surface area contributed by atoms with Crippen LogP contribution >= 0.6 is 15.9 Å². The second-order valence-corrected chi connectivity index (χ2v) is 4.77. The van der Waals surface area contributed by atoms with Gasteiger partial charge in [-0.2, -0.15) is 0 Å². The Kier molecular flexibility index (Phi) is 3.07. The zero-order valence-electron chi connectivity index (χ0n) is 8.70. The highest BCUT2D eigenvalue weighted by atomic mass is 79.9. The van der Waals surface area contributed by atoms with E-state index in [-0.39, 0.29) is 6.17 Å². The molecule has 1 N–H and O–H groups in total. The topological polar surface area (TPSA) is 33.6 Å². The van der Waals surface area contributed by atoms with Crippen LogP contribution < -0.4 is 5.48 Å². The molecular formula is C11H13BrN2O. The van der Waals surface area contributed by atoms with Crippen LogP contribution in [0.4, 0.5) is 0 Å². The summed E-state index contributed by atoms with van der Waals surface area (Å²) < 4.78 is 1.03. The van der Waals surface area contributed by atoms with Crippen LogP contribution in [-0.2, 0) is 4.84 Å². The molecule has 15 heavy (non-hydrogen) atoms. The van der Waals surface area contributed by atoms with Crippen molar-refractivity contribution >= 4 is 21.8 Å². The van der Waals surface area contributed by atoms with E-state index in [1.165, 1.54) is 0 Å². The summed E-state index contributed by atoms with van der Waals surface area (Å²) in [6, 6.07) is 7.91. The standard InChI is InChI=1S/C11H13BrN2O/c1-7(2)10-13-11(15-14-10)8-4-3-5-9(12)6-8/h3-7,10,14H,1-2H3. The highest BCUT2D eigenvalue weighted by Gasteiger charge is 2.22. The number of hydrogen-bond acceptors (Lipinski definition) is 3. The minimum atomic E-state index is 0.0546. The van der Waals surface area contributed by atoms with Crippen molar-refractivity contribution < 1.29 is 4.84 Å². The summed E-state index contributed by atoms with van der Waals surface area (Å²) in [7, 11) is 0. The van der Waals surface area contributed by atoms with E-state index in [9.17, 15) is 0 Å². The average Bonchev–Trinajstić information content (AvgIpc) is 2.66. The number of halogens is 1. The molecule has 0 aliphatic carbocycles. The van der Waals surface area contributed by atoms with Crippen LogP contribution in [0.5, 0.6) is 0 Å². The van der Waals surface area contributed by atoms with Gasteiger partial charge in [0.05, 0.1) is 0 Å². The van der Waals surface area contributed by atoms with E-state index in [0.29, 0.717) is 11.8 Å². The van der Waals surface area contributed by atoms with Gasteiger partial charge >= 0.3 is 0 Å². The first kappa shape index (κ1) is 10.6. The van der Waals surface area contributed by atoms with Gasteiger partial charge < -0.3 is 4.84 Å². The molecule has 0 saturated carbocycles. The fourth-order valence-electron chi connectivity index (χ4n) is 1.34. The van der Waals surface area contributed by atoms with Gasteiger partial charge in [-0.25, -0.2) is 4.99 Å². The molecule has 0 spiro atoms. The molecule has 0 amide bonds. The van der Waals surface area contributed by atoms with Crippen LogP contribution in [0.3, 0.4) is 0 Å². The molecule has 0 fully saturated rings. The Hall–Kier alpha value is -0.870. The molecule has 1 atom stereocenters. The van der Waals surface area contributed by atoms with E-state index < -0.39 is 0 Å². The van der Waals surface area contributed by atoms with Crippen LogP contribution in [0.15, 0.2) is 33.7 Å². The molecule has 1 aromatic carbocycles. The fraction of sp³-hybridized carbons (Fsp3) is 0.364. The molecule has 0 aromatic heterocycles. The van der Waals surface area contributed by atoms with Gasteiger partial charge in [0, 0.05) is 10.0 Å². The summed E-state index contributed by atoms with van der Waals surface area (Å²) >= 11 is 3.42. The smallest absolute Gasteiger partial charge is 0.242 e. The number of nitrogens with one attached hydrogen (secondary N) is 1. The highest BCUT2D eigenvalue weighted by Crippen LogP contribution is 2.17. The Balaban J connectivity index is 2.22. The monoisotopic (exact) mass is 268 g/mol. The largest absolute Gasteiger partial charge is 0.386 e. The van der Waals surface area contributed by atoms with E-state index in [0.717, 1.165) is 10.0 Å². The van der Waals surface area contributed by atoms with Crippen LogP contribution in [0.1, 0.15) is 19.4 Å². The number of hydroxylamine groups is 1. The number of hydrogen-bond donors (Lipinski definition) is 1. The average molecular weight is 269 g/mol. The van der Waals surface area contributed by atoms with Crippen LogP contribution in [0.2, 0.25) is 0 Å². The number of benzene rings is 1. The number of aliphatic imine (C=N–C) groups is 1. The molecule has 4 heteroatoms. The predicted octanol–water partition coefficient (Wildman–Crippen LogP) is 2.71. The Morgan fingerprint density at radius 1 is 1.47 bits per heavy atom. The second kappa shape index (κ2) is 4.33. The lowest BCUT2D eigenvalue weighted by Gasteiger charge is -2.08. The second-order valence-electron chi connectivity index (χ2n) is 3.85. The van der Waals surface area contributed by atoms with E-state index in [1.54, 1.807) is 0 Å². The van der Waals surface area contributed by atoms with Crippen molar-refractivity contribution in [3.8, 4) is 0 Å². The van der Waals surface area contributed by atoms with Crippen molar-refractivity contribution in [1.82, 2.24) is 5.48 Å². The third kappa shape index (κ3) is 2.38. The number of nitrogens with zero attached hydrogens (tertiary/aromatic N) is 1. The van der Waals surface area contributed by atoms with E-state index in [1.807, 2.05) is 24.3 Å². The maximum Gasteiger partial charge on any atom is 0.242 e. The van der Waals surface area contributed by atoms with Gasteiger partial charge in [-0.3, -0.25) is 0 Å². The Bertz CT molecular complexity index is 390. The maximum atomic E-state index is 5.35. The van der Waals surface area contributed by atoms with Gasteiger partial charge in [-0.1, -0.05) is 35.8 Å². The van der Waals surface area contributed by atoms with Crippen LogP contribution in [0, 0.1) is 5.92 Å². The van der Waals surface area contributed by atoms with Crippen molar-refractivity contribution in [3.63, 3.8) is 0 Å². The predicted molar refractivity (Wildman–Crippen MR) is 63.5 cm³/mol. The van der Waals surface area contributed by atoms with Gasteiger partial charge in [-0.15, -0.1) is 5.48 Å². The van der Waals surface area contributed by atoms with Gasteiger partial charge in [0.1, 0.15) is 6.17 Å². The van der Waals surface area contributed by atoms with Gasteiger partial charge in [0.2, 0.25) is 5.90 Å². The molecule has 1 aliphatic rings. The quantitative estimate of drug-likeness (QED) is 0.895. The molecule has 2 rings (SSSR count). The summed E-state index contributed by atoms with van der Waals surface area (Å²) in [6.07, 6.45) is 0.0546. The molecule has 0 radical (unpaired) electrons. The lowest BCUT2D eigenvalue weighted by Crippen LogP contribution is -2.26. The first-order chi connectivity index (χ1) is 7.16. The van der Waals surface area contributed by atoms with Crippen LogP contribution in [-0.4, -0.2) is 12.1 Å². The molecule has 1 aliphatic heterocycles. The van der Waals surface area contributed by atoms with Crippen molar-refractivity contribution in [2.45, 2.75) is 20.0 Å². The normalized spacial score (nSPS) is 20.3. The van der Waals surface area contributed by atoms with E-state index in [2.05, 4.69) is 40.2 Å². The van der Waals surface area contributed by atoms with E-state index in [4.69, 9.17) is 4.84 Å². The lowest BCUT2D eigenvalue weighted by atomic mass is 10.2. The Labute approximate surface area is 97.6 Å². The van der Waals surface area contributed by atoms with Gasteiger partial charge in [0.25, 0.3) is 0 Å². The lowest BCUT2D eigenvalue weighted by molar-refractivity contribution is 0.159. The molecule has 1 heterocycles. The van der Waals surface area contributed by atoms with Gasteiger partial charge in [-0.05, 0) is 24.1 Å². The summed E-state index contributed by atoms with van der Waals surface area (Å²) in [4.78, 5) is 9.81. The van der Waals surface area contributed by atoms with Gasteiger partial charge in [0.15, 0.2) is 0 Å². The minimum Gasteiger partial charge on any atom is -0.386 e. The molecule has 0 saturated heterocycles. The Morgan fingerprint density at radius 3 is 2.87 bits per heavy atom. The van der Waals surface area contributed by atoms with Crippen molar-refractivity contribution in [2.75, 3.05) is 0 Å². The summed E-state index contributed by atoms with van der Waals surface area (Å²) in [5.41, 5.74) is 3.89. The molecular weight excluding hydrogens is 256 g/mol. The highest BCUT2D eigenvalue weighted by molar-refractivity contribution is 9.10. The zero-order valence-corrected chi connectivity index (χ0v) is 10.3. The maximum absolute atomic E-state index is 5.35. The zero-order chi connectivity index (χ0) is 10.8. The molecule has 3 nitrogen and oxygen atoms in total. The summed E-state index contributed by atoms with van der Waals surface area (Å²) in [5.74, 6) is 1.09. The molecule has 1 unspecified atom stereocenters. The van der Waals surface area contributed by atoms with E-state index >= 15 is 0 Å². The van der Waals surface area contributed by atoms with Crippen LogP contribution in [0.25, 0.3) is 0 Å². The third-order valence-corrected chi connectivity index (χ3v) is 2.73. The summed E-state index contributed by atoms with van der Waals surface area (Å²) in [5, 5.41) is 0. The third-order valence-electron chi connectivity index (χ3n) is 2.24. The molecule has 0 bridgehead atoms. The fourth-order valence-corrected chi connectivity index (χ4v) is 1.73. The van der Waals surface area contributed by atoms with Crippen molar-refractivity contribution in [2.24, 2.45) is 10.9 Å². The minimum absolute atomic E-state index is 0.0546. The van der Waals surface area contributed by atoms with Crippen molar-refractivity contribution in [1.29, 1.82) is 0 Å². The molecule has 1 aromatic rings. The molecule has 80 valence electrons. The summed E-state index contributed by atoms with van der Waals surface area (Å²) in [6.45, 7) is 4.21. The SMILES string of the molecule is CC(C)C1N=C(c2cccc(Br)c2)ON1. The first-order valence-electron chi connectivity index (χ1n) is 4.93. The first-order valence-corrected chi connectivity index (χ1v) is 5.72. The number of rotatable bonds is 2.